The molecule has 3 rings (SSSR count). The van der Waals surface area contributed by atoms with Crippen molar-refractivity contribution in [1.82, 2.24) is 35.3 Å². The van der Waals surface area contributed by atoms with Crippen LogP contribution in [0.5, 0.6) is 0 Å². The third-order valence-electron chi connectivity index (χ3n) is 3.76. The summed E-state index contributed by atoms with van der Waals surface area (Å²) < 4.78 is 1.40. The Balaban J connectivity index is 1.71. The molecule has 11 heteroatoms. The molecule has 1 atom stereocenters. The highest BCUT2D eigenvalue weighted by Crippen LogP contribution is 2.20. The third-order valence-corrected chi connectivity index (χ3v) is 4.60. The second-order valence-electron chi connectivity index (χ2n) is 5.95. The van der Waals surface area contributed by atoms with Crippen LogP contribution < -0.4 is 5.32 Å². The molecule has 140 valence electrons. The van der Waals surface area contributed by atoms with Crippen molar-refractivity contribution >= 4 is 28.3 Å². The molecule has 2 heterocycles. The Morgan fingerprint density at radius 3 is 2.67 bits per heavy atom. The summed E-state index contributed by atoms with van der Waals surface area (Å²) in [6.45, 7) is 0. The molecule has 0 spiro atoms. The number of hydrogen-bond donors (Lipinski definition) is 1. The molecule has 0 aliphatic rings. The van der Waals surface area contributed by atoms with Crippen LogP contribution in [0.15, 0.2) is 36.7 Å². The summed E-state index contributed by atoms with van der Waals surface area (Å²) in [7, 11) is 3.35. The van der Waals surface area contributed by atoms with Crippen LogP contribution in [0.4, 0.5) is 5.13 Å². The van der Waals surface area contributed by atoms with Gasteiger partial charge in [0.1, 0.15) is 17.4 Å². The van der Waals surface area contributed by atoms with Gasteiger partial charge in [-0.3, -0.25) is 14.9 Å². The average Bonchev–Trinajstić information content (AvgIpc) is 3.32. The predicted molar refractivity (Wildman–Crippen MR) is 97.9 cm³/mol. The van der Waals surface area contributed by atoms with E-state index in [2.05, 4.69) is 31.0 Å². The highest BCUT2D eigenvalue weighted by Gasteiger charge is 2.24. The minimum absolute atomic E-state index is 0.0836. The van der Waals surface area contributed by atoms with Gasteiger partial charge in [-0.05, 0) is 16.0 Å². The van der Waals surface area contributed by atoms with E-state index in [1.54, 1.807) is 14.1 Å². The first kappa shape index (κ1) is 18.6. The molecule has 1 aromatic carbocycles. The van der Waals surface area contributed by atoms with Gasteiger partial charge in [-0.25, -0.2) is 4.68 Å². The van der Waals surface area contributed by atoms with Gasteiger partial charge in [-0.15, -0.1) is 15.3 Å². The van der Waals surface area contributed by atoms with Crippen molar-refractivity contribution in [3.05, 3.63) is 47.2 Å². The van der Waals surface area contributed by atoms with Gasteiger partial charge in [0, 0.05) is 20.5 Å². The summed E-state index contributed by atoms with van der Waals surface area (Å²) in [5, 5.41) is 22.6. The number of amides is 2. The Morgan fingerprint density at radius 1 is 1.22 bits per heavy atom. The van der Waals surface area contributed by atoms with Gasteiger partial charge in [0.2, 0.25) is 11.0 Å². The van der Waals surface area contributed by atoms with Gasteiger partial charge in [0.25, 0.3) is 5.91 Å². The molecule has 2 aromatic heterocycles. The lowest BCUT2D eigenvalue weighted by molar-refractivity contribution is -0.128. The lowest BCUT2D eigenvalue weighted by Crippen LogP contribution is -2.28. The number of anilines is 1. The fourth-order valence-electron chi connectivity index (χ4n) is 2.31. The normalized spacial score (nSPS) is 11.8. The van der Waals surface area contributed by atoms with Crippen LogP contribution >= 0.6 is 11.3 Å². The summed E-state index contributed by atoms with van der Waals surface area (Å²) in [5.74, 6) is -0.396. The summed E-state index contributed by atoms with van der Waals surface area (Å²) in [6.07, 6.45) is 1.96. The topological polar surface area (TPSA) is 119 Å². The van der Waals surface area contributed by atoms with E-state index in [-0.39, 0.29) is 18.2 Å². The quantitative estimate of drug-likeness (QED) is 0.631. The van der Waals surface area contributed by atoms with E-state index in [0.29, 0.717) is 16.6 Å². The fourth-order valence-corrected chi connectivity index (χ4v) is 3.04. The van der Waals surface area contributed by atoms with Gasteiger partial charge >= 0.3 is 0 Å². The predicted octanol–water partition coefficient (Wildman–Crippen LogP) is 0.578. The Morgan fingerprint density at radius 2 is 2.00 bits per heavy atom. The molecule has 0 saturated heterocycles. The third kappa shape index (κ3) is 4.91. The van der Waals surface area contributed by atoms with Crippen LogP contribution in [0.3, 0.4) is 0 Å². The largest absolute Gasteiger partial charge is 0.348 e. The molecule has 0 bridgehead atoms. The average molecular weight is 386 g/mol. The first-order chi connectivity index (χ1) is 13.0. The number of tetrazole rings is 1. The van der Waals surface area contributed by atoms with E-state index in [1.807, 2.05) is 30.3 Å². The van der Waals surface area contributed by atoms with Crippen LogP contribution in [0.25, 0.3) is 0 Å². The molecule has 0 aliphatic carbocycles. The maximum atomic E-state index is 12.8. The van der Waals surface area contributed by atoms with Gasteiger partial charge in [-0.2, -0.15) is 0 Å². The maximum absolute atomic E-state index is 12.8. The van der Waals surface area contributed by atoms with Crippen LogP contribution in [0.2, 0.25) is 0 Å². The summed E-state index contributed by atoms with van der Waals surface area (Å²) >= 11 is 1.17. The van der Waals surface area contributed by atoms with E-state index in [1.165, 1.54) is 27.2 Å². The first-order valence-electron chi connectivity index (χ1n) is 8.12. The number of likely N-dealkylation sites (N-methyl/N-ethyl adjacent to an activating group) is 1. The molecular weight excluding hydrogens is 368 g/mol. The van der Waals surface area contributed by atoms with Crippen molar-refractivity contribution in [2.45, 2.75) is 18.9 Å². The minimum atomic E-state index is -0.641. The van der Waals surface area contributed by atoms with E-state index in [9.17, 15) is 9.59 Å². The molecule has 27 heavy (non-hydrogen) atoms. The zero-order chi connectivity index (χ0) is 19.2. The first-order valence-corrected chi connectivity index (χ1v) is 8.94. The molecule has 1 unspecified atom stereocenters. The Hall–Kier alpha value is -3.21. The summed E-state index contributed by atoms with van der Waals surface area (Å²) in [6, 6.07) is 8.94. The molecule has 0 saturated carbocycles. The molecule has 2 amide bonds. The highest BCUT2D eigenvalue weighted by atomic mass is 32.1. The molecule has 0 aliphatic heterocycles. The second kappa shape index (κ2) is 8.45. The number of rotatable bonds is 7. The van der Waals surface area contributed by atoms with Crippen LogP contribution in [0.1, 0.15) is 16.6 Å². The van der Waals surface area contributed by atoms with Crippen molar-refractivity contribution in [1.29, 1.82) is 0 Å². The lowest BCUT2D eigenvalue weighted by atomic mass is 10.1. The smallest absolute Gasteiger partial charge is 0.251 e. The molecule has 10 nitrogen and oxygen atoms in total. The van der Waals surface area contributed by atoms with Gasteiger partial charge < -0.3 is 4.90 Å². The van der Waals surface area contributed by atoms with Crippen LogP contribution in [0, 0.1) is 0 Å². The molecule has 0 radical (unpaired) electrons. The van der Waals surface area contributed by atoms with Gasteiger partial charge in [0.05, 0.1) is 6.42 Å². The number of carbonyl (C=O) groups excluding carboxylic acids is 2. The number of aromatic nitrogens is 6. The molecule has 0 fully saturated rings. The van der Waals surface area contributed by atoms with Gasteiger partial charge in [0.15, 0.2) is 0 Å². The van der Waals surface area contributed by atoms with Crippen molar-refractivity contribution in [3.63, 3.8) is 0 Å². The number of carbonyl (C=O) groups is 2. The number of nitrogens with zero attached hydrogens (tertiary/aromatic N) is 7. The van der Waals surface area contributed by atoms with Crippen molar-refractivity contribution < 1.29 is 9.59 Å². The van der Waals surface area contributed by atoms with E-state index in [0.717, 1.165) is 5.56 Å². The summed E-state index contributed by atoms with van der Waals surface area (Å²) in [5.41, 5.74) is 0.975. The van der Waals surface area contributed by atoms with Crippen molar-refractivity contribution in [2.75, 3.05) is 19.4 Å². The Bertz CT molecular complexity index is 894. The SMILES string of the molecule is CN(C)C(=O)Cc1nnc(NC(=O)C(Cc2ccccc2)n2cnnn2)s1. The zero-order valence-corrected chi connectivity index (χ0v) is 15.6. The van der Waals surface area contributed by atoms with E-state index in [4.69, 9.17) is 0 Å². The number of hydrogen-bond acceptors (Lipinski definition) is 8. The minimum Gasteiger partial charge on any atom is -0.348 e. The van der Waals surface area contributed by atoms with Gasteiger partial charge in [-0.1, -0.05) is 41.7 Å². The lowest BCUT2D eigenvalue weighted by Gasteiger charge is -2.15. The number of nitrogens with one attached hydrogen (secondary N) is 1. The summed E-state index contributed by atoms with van der Waals surface area (Å²) in [4.78, 5) is 26.0. The van der Waals surface area contributed by atoms with E-state index < -0.39 is 6.04 Å². The van der Waals surface area contributed by atoms with Crippen molar-refractivity contribution in [3.8, 4) is 0 Å². The molecular formula is C16H18N8O2S. The monoisotopic (exact) mass is 386 g/mol. The molecule has 1 N–H and O–H groups in total. The zero-order valence-electron chi connectivity index (χ0n) is 14.8. The van der Waals surface area contributed by atoms with Crippen LogP contribution in [-0.2, 0) is 22.4 Å². The Kier molecular flexibility index (Phi) is 5.81. The van der Waals surface area contributed by atoms with Crippen molar-refractivity contribution in [2.24, 2.45) is 0 Å². The standard InChI is InChI=1S/C16H18N8O2S/c1-23(2)14(25)9-13-19-20-16(27-13)18-15(26)12(24-10-17-21-22-24)8-11-6-4-3-5-7-11/h3-7,10,12H,8-9H2,1-2H3,(H,18,20,26). The maximum Gasteiger partial charge on any atom is 0.251 e. The fraction of sp³-hybridized carbons (Fsp3) is 0.312. The van der Waals surface area contributed by atoms with E-state index >= 15 is 0 Å². The number of benzene rings is 1. The second-order valence-corrected chi connectivity index (χ2v) is 7.01. The Labute approximate surface area is 159 Å². The van der Waals surface area contributed by atoms with Crippen LogP contribution in [-0.4, -0.2) is 61.2 Å². The highest BCUT2D eigenvalue weighted by molar-refractivity contribution is 7.15. The molecule has 3 aromatic rings.